The highest BCUT2D eigenvalue weighted by Gasteiger charge is 2.55. The Hall–Kier alpha value is 0.217. The van der Waals surface area contributed by atoms with Gasteiger partial charge >= 0.3 is 0 Å². The van der Waals surface area contributed by atoms with Crippen molar-refractivity contribution >= 4 is 8.07 Å². The molecule has 0 spiro atoms. The Balaban J connectivity index is 2.92. The number of rotatable bonds is 0. The number of hydrogen-bond donors (Lipinski definition) is 0. The topological polar surface area (TPSA) is 0 Å². The van der Waals surface area contributed by atoms with Gasteiger partial charge in [0.2, 0.25) is 0 Å². The molecule has 1 aliphatic heterocycles. The van der Waals surface area contributed by atoms with Crippen molar-refractivity contribution < 1.29 is 0 Å². The molecule has 0 aromatic carbocycles. The summed E-state index contributed by atoms with van der Waals surface area (Å²) in [4.78, 5) is 0. The van der Waals surface area contributed by atoms with E-state index in [9.17, 15) is 0 Å². The van der Waals surface area contributed by atoms with E-state index in [1.54, 1.807) is 12.1 Å². The average molecular weight is 184 g/mol. The van der Waals surface area contributed by atoms with Crippen LogP contribution < -0.4 is 0 Å². The fourth-order valence-electron chi connectivity index (χ4n) is 3.16. The third-order valence-corrected chi connectivity index (χ3v) is 12.2. The van der Waals surface area contributed by atoms with Gasteiger partial charge in [0, 0.05) is 0 Å². The van der Waals surface area contributed by atoms with E-state index in [0.717, 1.165) is 0 Å². The van der Waals surface area contributed by atoms with Gasteiger partial charge in [0.25, 0.3) is 0 Å². The van der Waals surface area contributed by atoms with Crippen LogP contribution in [-0.4, -0.2) is 8.07 Å². The van der Waals surface area contributed by atoms with E-state index in [0.29, 0.717) is 10.1 Å². The highest BCUT2D eigenvalue weighted by molar-refractivity contribution is 6.87. The van der Waals surface area contributed by atoms with E-state index in [4.69, 9.17) is 0 Å². The van der Waals surface area contributed by atoms with Crippen molar-refractivity contribution in [2.45, 2.75) is 70.1 Å². The molecule has 12 heavy (non-hydrogen) atoms. The zero-order chi connectivity index (χ0) is 9.62. The average Bonchev–Trinajstić information content (AvgIpc) is 1.47. The molecule has 0 radical (unpaired) electrons. The molecule has 0 unspecified atom stereocenters. The SMILES string of the molecule is CC(C)(C)[Si]1(C(C)(C)C)CCC1. The van der Waals surface area contributed by atoms with Gasteiger partial charge in [0.05, 0.1) is 8.07 Å². The first-order valence-electron chi connectivity index (χ1n) is 5.21. The van der Waals surface area contributed by atoms with Crippen LogP contribution in [0, 0.1) is 0 Å². The van der Waals surface area contributed by atoms with Crippen molar-refractivity contribution in [3.63, 3.8) is 0 Å². The molecule has 72 valence electrons. The molecule has 0 N–H and O–H groups in total. The second-order valence-electron chi connectivity index (χ2n) is 6.44. The summed E-state index contributed by atoms with van der Waals surface area (Å²) in [7, 11) is -0.946. The first-order chi connectivity index (χ1) is 5.21. The fraction of sp³-hybridized carbons (Fsp3) is 1.00. The largest absolute Gasteiger partial charge is 0.0643 e. The maximum Gasteiger partial charge on any atom is 0.0643 e. The summed E-state index contributed by atoms with van der Waals surface area (Å²) in [5.41, 5.74) is 0. The Morgan fingerprint density at radius 1 is 0.750 bits per heavy atom. The predicted octanol–water partition coefficient (Wildman–Crippen LogP) is 4.44. The molecule has 0 aliphatic carbocycles. The lowest BCUT2D eigenvalue weighted by atomic mass is 10.2. The van der Waals surface area contributed by atoms with Crippen molar-refractivity contribution in [2.75, 3.05) is 0 Å². The molecule has 0 atom stereocenters. The molecule has 1 heteroatoms. The Kier molecular flexibility index (Phi) is 2.23. The minimum absolute atomic E-state index is 0.615. The van der Waals surface area contributed by atoms with Crippen LogP contribution in [0.15, 0.2) is 0 Å². The van der Waals surface area contributed by atoms with Crippen molar-refractivity contribution in [1.82, 2.24) is 0 Å². The second-order valence-corrected chi connectivity index (χ2v) is 12.6. The van der Waals surface area contributed by atoms with Gasteiger partial charge in [0.15, 0.2) is 0 Å². The van der Waals surface area contributed by atoms with Crippen LogP contribution in [0.2, 0.25) is 22.2 Å². The summed E-state index contributed by atoms with van der Waals surface area (Å²) >= 11 is 0. The fourth-order valence-corrected chi connectivity index (χ4v) is 9.47. The molecule has 1 aliphatic rings. The smallest absolute Gasteiger partial charge is 0.0625 e. The Morgan fingerprint density at radius 2 is 1.08 bits per heavy atom. The molecule has 1 saturated heterocycles. The zero-order valence-electron chi connectivity index (χ0n) is 9.62. The highest BCUT2D eigenvalue weighted by Crippen LogP contribution is 2.61. The molecule has 1 heterocycles. The van der Waals surface area contributed by atoms with E-state index in [-0.39, 0.29) is 0 Å². The maximum absolute atomic E-state index is 2.46. The van der Waals surface area contributed by atoms with Gasteiger partial charge < -0.3 is 0 Å². The van der Waals surface area contributed by atoms with Gasteiger partial charge in [-0.1, -0.05) is 60.1 Å². The predicted molar refractivity (Wildman–Crippen MR) is 59.4 cm³/mol. The Morgan fingerprint density at radius 3 is 1.08 bits per heavy atom. The van der Waals surface area contributed by atoms with Gasteiger partial charge in [-0.05, 0) is 10.1 Å². The lowest BCUT2D eigenvalue weighted by Gasteiger charge is -2.58. The lowest BCUT2D eigenvalue weighted by molar-refractivity contribution is 0.561. The second kappa shape index (κ2) is 2.60. The molecule has 0 saturated carbocycles. The molecule has 0 aromatic rings. The van der Waals surface area contributed by atoms with Gasteiger partial charge in [-0.2, -0.15) is 0 Å². The quantitative estimate of drug-likeness (QED) is 0.488. The van der Waals surface area contributed by atoms with Crippen LogP contribution in [0.25, 0.3) is 0 Å². The summed E-state index contributed by atoms with van der Waals surface area (Å²) in [6.45, 7) is 14.8. The Bertz CT molecular complexity index is 148. The molecular weight excluding hydrogens is 160 g/mol. The van der Waals surface area contributed by atoms with E-state index in [1.165, 1.54) is 6.42 Å². The zero-order valence-corrected chi connectivity index (χ0v) is 10.6. The minimum Gasteiger partial charge on any atom is -0.0625 e. The van der Waals surface area contributed by atoms with Crippen LogP contribution in [0.5, 0.6) is 0 Å². The highest BCUT2D eigenvalue weighted by atomic mass is 28.3. The van der Waals surface area contributed by atoms with Gasteiger partial charge in [-0.25, -0.2) is 0 Å². The van der Waals surface area contributed by atoms with Crippen LogP contribution in [0.4, 0.5) is 0 Å². The maximum atomic E-state index is 2.46. The normalized spacial score (nSPS) is 23.5. The molecule has 1 rings (SSSR count). The van der Waals surface area contributed by atoms with E-state index in [1.807, 2.05) is 0 Å². The molecule has 0 amide bonds. The lowest BCUT2D eigenvalue weighted by Crippen LogP contribution is -2.56. The monoisotopic (exact) mass is 184 g/mol. The first kappa shape index (κ1) is 10.3. The number of hydrogen-bond acceptors (Lipinski definition) is 0. The van der Waals surface area contributed by atoms with Crippen molar-refractivity contribution in [2.24, 2.45) is 0 Å². The minimum atomic E-state index is -0.946. The molecular formula is C11H24Si. The van der Waals surface area contributed by atoms with Gasteiger partial charge in [-0.3, -0.25) is 0 Å². The molecule has 0 bridgehead atoms. The van der Waals surface area contributed by atoms with Crippen LogP contribution in [0.3, 0.4) is 0 Å². The van der Waals surface area contributed by atoms with Crippen LogP contribution in [0.1, 0.15) is 48.0 Å². The summed E-state index contributed by atoms with van der Waals surface area (Å²) in [6.07, 6.45) is 1.50. The first-order valence-corrected chi connectivity index (χ1v) is 7.62. The van der Waals surface area contributed by atoms with E-state index < -0.39 is 8.07 Å². The van der Waals surface area contributed by atoms with E-state index in [2.05, 4.69) is 41.5 Å². The third-order valence-electron chi connectivity index (χ3n) is 4.08. The van der Waals surface area contributed by atoms with Gasteiger partial charge in [0.1, 0.15) is 0 Å². The van der Waals surface area contributed by atoms with Crippen LogP contribution in [-0.2, 0) is 0 Å². The van der Waals surface area contributed by atoms with Crippen molar-refractivity contribution in [3.05, 3.63) is 0 Å². The summed E-state index contributed by atoms with van der Waals surface area (Å²) in [5.74, 6) is 0. The Labute approximate surface area is 78.8 Å². The third kappa shape index (κ3) is 1.26. The van der Waals surface area contributed by atoms with Crippen molar-refractivity contribution in [3.8, 4) is 0 Å². The van der Waals surface area contributed by atoms with E-state index >= 15 is 0 Å². The summed E-state index contributed by atoms with van der Waals surface area (Å²) in [6, 6.07) is 3.14. The van der Waals surface area contributed by atoms with Gasteiger partial charge in [-0.15, -0.1) is 0 Å². The molecule has 1 fully saturated rings. The molecule has 0 aromatic heterocycles. The standard InChI is InChI=1S/C11H24Si/c1-10(2,3)12(8-7-9-12)11(4,5)6/h7-9H2,1-6H3. The van der Waals surface area contributed by atoms with Crippen LogP contribution >= 0.6 is 0 Å². The summed E-state index contributed by atoms with van der Waals surface area (Å²) < 4.78 is 0. The van der Waals surface area contributed by atoms with Crippen molar-refractivity contribution in [1.29, 1.82) is 0 Å². The summed E-state index contributed by atoms with van der Waals surface area (Å²) in [5, 5.41) is 1.23. The molecule has 0 nitrogen and oxygen atoms in total.